The number of hydrogen-bond acceptors (Lipinski definition) is 2. The van der Waals surface area contributed by atoms with Gasteiger partial charge in [-0.15, -0.1) is 11.6 Å². The number of benzene rings is 1. The fourth-order valence-corrected chi connectivity index (χ4v) is 1.85. The third-order valence-corrected chi connectivity index (χ3v) is 3.25. The molecule has 0 aliphatic carbocycles. The Bertz CT molecular complexity index is 382. The second-order valence-electron chi connectivity index (χ2n) is 4.31. The molecule has 0 saturated heterocycles. The molecule has 0 aromatic heterocycles. The third-order valence-electron chi connectivity index (χ3n) is 2.73. The van der Waals surface area contributed by atoms with E-state index in [9.17, 15) is 4.79 Å². The highest BCUT2D eigenvalue weighted by molar-refractivity contribution is 6.30. The van der Waals surface area contributed by atoms with Crippen molar-refractivity contribution in [3.05, 3.63) is 29.3 Å². The molecule has 0 bridgehead atoms. The average molecular weight is 304 g/mol. The van der Waals surface area contributed by atoms with Crippen molar-refractivity contribution in [2.24, 2.45) is 0 Å². The highest BCUT2D eigenvalue weighted by Gasteiger charge is 2.09. The van der Waals surface area contributed by atoms with Crippen molar-refractivity contribution in [1.82, 2.24) is 4.90 Å². The third kappa shape index (κ3) is 6.69. The second kappa shape index (κ2) is 9.05. The number of rotatable bonds is 8. The lowest BCUT2D eigenvalue weighted by Gasteiger charge is -2.17. The molecule has 0 N–H and O–H groups in total. The number of carbonyl (C=O) groups is 1. The maximum absolute atomic E-state index is 11.8. The van der Waals surface area contributed by atoms with Crippen molar-refractivity contribution in [3.8, 4) is 5.75 Å². The largest absolute Gasteiger partial charge is 0.484 e. The lowest BCUT2D eigenvalue weighted by Crippen LogP contribution is -2.32. The molecule has 0 aliphatic rings. The summed E-state index contributed by atoms with van der Waals surface area (Å²) in [6.45, 7) is 0.785. The zero-order chi connectivity index (χ0) is 14.1. The van der Waals surface area contributed by atoms with Crippen molar-refractivity contribution in [1.29, 1.82) is 0 Å². The zero-order valence-corrected chi connectivity index (χ0v) is 12.6. The first-order valence-electron chi connectivity index (χ1n) is 6.32. The van der Waals surface area contributed by atoms with Gasteiger partial charge in [-0.3, -0.25) is 4.79 Å². The van der Waals surface area contributed by atoms with Crippen LogP contribution in [0.1, 0.15) is 19.3 Å². The molecular formula is C14H19Cl2NO2. The fourth-order valence-electron chi connectivity index (χ4n) is 1.53. The number of unbranched alkanes of at least 4 members (excludes halogenated alkanes) is 2. The van der Waals surface area contributed by atoms with Crippen molar-refractivity contribution >= 4 is 29.1 Å². The van der Waals surface area contributed by atoms with E-state index in [2.05, 4.69) is 0 Å². The number of carbonyl (C=O) groups excluding carboxylic acids is 1. The van der Waals surface area contributed by atoms with Gasteiger partial charge in [0.25, 0.3) is 5.91 Å². The van der Waals surface area contributed by atoms with Gasteiger partial charge in [0.1, 0.15) is 5.75 Å². The van der Waals surface area contributed by atoms with Crippen molar-refractivity contribution < 1.29 is 9.53 Å². The van der Waals surface area contributed by atoms with E-state index in [-0.39, 0.29) is 12.5 Å². The van der Waals surface area contributed by atoms with Gasteiger partial charge in [0.2, 0.25) is 0 Å². The molecule has 1 aromatic carbocycles. The van der Waals surface area contributed by atoms with E-state index in [4.69, 9.17) is 27.9 Å². The number of halogens is 2. The van der Waals surface area contributed by atoms with E-state index < -0.39 is 0 Å². The molecule has 3 nitrogen and oxygen atoms in total. The summed E-state index contributed by atoms with van der Waals surface area (Å²) in [5.74, 6) is 1.30. The number of hydrogen-bond donors (Lipinski definition) is 0. The average Bonchev–Trinajstić information content (AvgIpc) is 2.42. The molecule has 0 saturated carbocycles. The predicted octanol–water partition coefficient (Wildman–Crippen LogP) is 3.59. The highest BCUT2D eigenvalue weighted by atomic mass is 35.5. The Morgan fingerprint density at radius 3 is 2.53 bits per heavy atom. The number of amides is 1. The van der Waals surface area contributed by atoms with E-state index >= 15 is 0 Å². The summed E-state index contributed by atoms with van der Waals surface area (Å²) in [4.78, 5) is 13.5. The van der Waals surface area contributed by atoms with E-state index in [0.717, 1.165) is 25.8 Å². The van der Waals surface area contributed by atoms with Gasteiger partial charge < -0.3 is 9.64 Å². The van der Waals surface area contributed by atoms with E-state index in [1.54, 1.807) is 36.2 Å². The Labute approximate surface area is 124 Å². The topological polar surface area (TPSA) is 29.5 Å². The number of ether oxygens (including phenoxy) is 1. The Morgan fingerprint density at radius 1 is 1.21 bits per heavy atom. The smallest absolute Gasteiger partial charge is 0.260 e. The standard InChI is InChI=1S/C14H19Cl2NO2/c1-17(10-4-2-3-9-15)14(18)11-19-13-7-5-12(16)6-8-13/h5-8H,2-4,9-11H2,1H3. The van der Waals surface area contributed by atoms with E-state index in [0.29, 0.717) is 16.7 Å². The Morgan fingerprint density at radius 2 is 1.89 bits per heavy atom. The van der Waals surface area contributed by atoms with Gasteiger partial charge in [0.05, 0.1) is 0 Å². The lowest BCUT2D eigenvalue weighted by atomic mass is 10.2. The zero-order valence-electron chi connectivity index (χ0n) is 11.1. The van der Waals surface area contributed by atoms with Crippen LogP contribution in [-0.4, -0.2) is 36.9 Å². The molecule has 0 aliphatic heterocycles. The van der Waals surface area contributed by atoms with Crippen LogP contribution < -0.4 is 4.74 Å². The van der Waals surface area contributed by atoms with Gasteiger partial charge in [0, 0.05) is 24.5 Å². The van der Waals surface area contributed by atoms with Crippen LogP contribution in [0.25, 0.3) is 0 Å². The molecule has 1 aromatic rings. The molecule has 0 atom stereocenters. The summed E-state index contributed by atoms with van der Waals surface area (Å²) in [5.41, 5.74) is 0. The Balaban J connectivity index is 2.24. The fraction of sp³-hybridized carbons (Fsp3) is 0.500. The summed E-state index contributed by atoms with van der Waals surface area (Å²) in [6, 6.07) is 6.96. The Kier molecular flexibility index (Phi) is 7.68. The monoisotopic (exact) mass is 303 g/mol. The number of alkyl halides is 1. The summed E-state index contributed by atoms with van der Waals surface area (Å²) in [5, 5.41) is 0.648. The van der Waals surface area contributed by atoms with Crippen molar-refractivity contribution in [2.75, 3.05) is 26.1 Å². The SMILES string of the molecule is CN(CCCCCCl)C(=O)COc1ccc(Cl)cc1. The maximum atomic E-state index is 11.8. The summed E-state index contributed by atoms with van der Waals surface area (Å²) in [7, 11) is 1.79. The number of likely N-dealkylation sites (N-methyl/N-ethyl adjacent to an activating group) is 1. The van der Waals surface area contributed by atoms with Crippen LogP contribution in [-0.2, 0) is 4.79 Å². The molecule has 0 radical (unpaired) electrons. The van der Waals surface area contributed by atoms with Crippen molar-refractivity contribution in [2.45, 2.75) is 19.3 Å². The van der Waals surface area contributed by atoms with Gasteiger partial charge >= 0.3 is 0 Å². The lowest BCUT2D eigenvalue weighted by molar-refractivity contribution is -0.132. The van der Waals surface area contributed by atoms with Crippen LogP contribution in [0.3, 0.4) is 0 Å². The minimum Gasteiger partial charge on any atom is -0.484 e. The summed E-state index contributed by atoms with van der Waals surface area (Å²) < 4.78 is 5.40. The van der Waals surface area contributed by atoms with Gasteiger partial charge in [-0.1, -0.05) is 18.0 Å². The van der Waals surface area contributed by atoms with Crippen LogP contribution in [0.2, 0.25) is 5.02 Å². The molecule has 0 heterocycles. The summed E-state index contributed by atoms with van der Waals surface area (Å²) >= 11 is 11.4. The molecule has 5 heteroatoms. The first-order chi connectivity index (χ1) is 9.13. The van der Waals surface area contributed by atoms with Gasteiger partial charge in [-0.2, -0.15) is 0 Å². The molecular weight excluding hydrogens is 285 g/mol. The van der Waals surface area contributed by atoms with Gasteiger partial charge in [-0.05, 0) is 37.1 Å². The summed E-state index contributed by atoms with van der Waals surface area (Å²) in [6.07, 6.45) is 3.00. The van der Waals surface area contributed by atoms with Crippen LogP contribution in [0, 0.1) is 0 Å². The molecule has 1 rings (SSSR count). The van der Waals surface area contributed by atoms with Crippen LogP contribution in [0.15, 0.2) is 24.3 Å². The minimum atomic E-state index is -0.0270. The number of nitrogens with zero attached hydrogens (tertiary/aromatic N) is 1. The molecule has 0 spiro atoms. The Hall–Kier alpha value is -0.930. The molecule has 19 heavy (non-hydrogen) atoms. The van der Waals surface area contributed by atoms with Crippen LogP contribution in [0.4, 0.5) is 0 Å². The second-order valence-corrected chi connectivity index (χ2v) is 5.12. The van der Waals surface area contributed by atoms with Gasteiger partial charge in [-0.25, -0.2) is 0 Å². The quantitative estimate of drug-likeness (QED) is 0.542. The first kappa shape index (κ1) is 16.1. The molecule has 1 amide bonds. The highest BCUT2D eigenvalue weighted by Crippen LogP contribution is 2.15. The van der Waals surface area contributed by atoms with Crippen LogP contribution >= 0.6 is 23.2 Å². The minimum absolute atomic E-state index is 0.0270. The van der Waals surface area contributed by atoms with Crippen molar-refractivity contribution in [3.63, 3.8) is 0 Å². The normalized spacial score (nSPS) is 10.3. The predicted molar refractivity (Wildman–Crippen MR) is 79.2 cm³/mol. The van der Waals surface area contributed by atoms with Gasteiger partial charge in [0.15, 0.2) is 6.61 Å². The van der Waals surface area contributed by atoms with Crippen LogP contribution in [0.5, 0.6) is 5.75 Å². The maximum Gasteiger partial charge on any atom is 0.260 e. The molecule has 0 fully saturated rings. The first-order valence-corrected chi connectivity index (χ1v) is 7.23. The van der Waals surface area contributed by atoms with E-state index in [1.807, 2.05) is 0 Å². The molecule has 106 valence electrons. The van der Waals surface area contributed by atoms with E-state index in [1.165, 1.54) is 0 Å². The molecule has 0 unspecified atom stereocenters.